The Hall–Kier alpha value is -0.780. The van der Waals surface area contributed by atoms with Crippen LogP contribution < -0.4 is 0 Å². The molecule has 0 atom stereocenters. The van der Waals surface area contributed by atoms with E-state index in [0.717, 1.165) is 5.92 Å². The Labute approximate surface area is 113 Å². The van der Waals surface area contributed by atoms with Gasteiger partial charge in [-0.25, -0.2) is 0 Å². The molecule has 2 rings (SSSR count). The Morgan fingerprint density at radius 2 is 1.11 bits per heavy atom. The SMILES string of the molecule is Cc1cc(C)cc(C2CCCCCCCCC2)c1. The Bertz CT molecular complexity index is 334. The first-order chi connectivity index (χ1) is 8.75. The monoisotopic (exact) mass is 244 g/mol. The first kappa shape index (κ1) is 13.6. The van der Waals surface area contributed by atoms with Gasteiger partial charge in [-0.05, 0) is 38.2 Å². The number of hydrogen-bond donors (Lipinski definition) is 0. The van der Waals surface area contributed by atoms with Crippen LogP contribution in [0, 0.1) is 13.8 Å². The van der Waals surface area contributed by atoms with Crippen molar-refractivity contribution in [3.8, 4) is 0 Å². The van der Waals surface area contributed by atoms with Gasteiger partial charge in [0, 0.05) is 0 Å². The van der Waals surface area contributed by atoms with Gasteiger partial charge in [-0.1, -0.05) is 74.3 Å². The minimum atomic E-state index is 0.821. The smallest absolute Gasteiger partial charge is 0.0162 e. The molecule has 0 aromatic heterocycles. The third-order valence-electron chi connectivity index (χ3n) is 4.32. The molecule has 0 nitrogen and oxygen atoms in total. The highest BCUT2D eigenvalue weighted by atomic mass is 14.2. The van der Waals surface area contributed by atoms with Gasteiger partial charge in [0.2, 0.25) is 0 Å². The highest BCUT2D eigenvalue weighted by molar-refractivity contribution is 5.31. The zero-order valence-electron chi connectivity index (χ0n) is 12.2. The second-order valence-corrected chi connectivity index (χ2v) is 6.17. The number of hydrogen-bond acceptors (Lipinski definition) is 0. The van der Waals surface area contributed by atoms with Crippen LogP contribution in [-0.4, -0.2) is 0 Å². The zero-order chi connectivity index (χ0) is 12.8. The van der Waals surface area contributed by atoms with Gasteiger partial charge < -0.3 is 0 Å². The summed E-state index contributed by atoms with van der Waals surface area (Å²) in [5, 5.41) is 0. The molecular weight excluding hydrogens is 216 g/mol. The highest BCUT2D eigenvalue weighted by Crippen LogP contribution is 2.31. The Morgan fingerprint density at radius 3 is 1.61 bits per heavy atom. The van der Waals surface area contributed by atoms with E-state index in [4.69, 9.17) is 0 Å². The average molecular weight is 244 g/mol. The van der Waals surface area contributed by atoms with Gasteiger partial charge in [-0.2, -0.15) is 0 Å². The lowest BCUT2D eigenvalue weighted by molar-refractivity contribution is 0.462. The van der Waals surface area contributed by atoms with Crippen LogP contribution in [0.3, 0.4) is 0 Å². The maximum atomic E-state index is 2.42. The highest BCUT2D eigenvalue weighted by Gasteiger charge is 2.13. The molecule has 0 amide bonds. The molecule has 0 saturated heterocycles. The molecular formula is C18H28. The van der Waals surface area contributed by atoms with E-state index in [1.807, 2.05) is 0 Å². The van der Waals surface area contributed by atoms with Crippen molar-refractivity contribution in [2.24, 2.45) is 0 Å². The molecule has 0 bridgehead atoms. The third-order valence-corrected chi connectivity index (χ3v) is 4.32. The summed E-state index contributed by atoms with van der Waals surface area (Å²) >= 11 is 0. The number of benzene rings is 1. The van der Waals surface area contributed by atoms with Crippen LogP contribution in [0.25, 0.3) is 0 Å². The van der Waals surface area contributed by atoms with E-state index in [1.165, 1.54) is 68.9 Å². The largest absolute Gasteiger partial charge is 0.0564 e. The van der Waals surface area contributed by atoms with Crippen molar-refractivity contribution in [1.29, 1.82) is 0 Å². The van der Waals surface area contributed by atoms with E-state index >= 15 is 0 Å². The molecule has 1 saturated carbocycles. The van der Waals surface area contributed by atoms with Crippen LogP contribution in [0.1, 0.15) is 80.4 Å². The zero-order valence-corrected chi connectivity index (χ0v) is 12.2. The van der Waals surface area contributed by atoms with Gasteiger partial charge in [-0.15, -0.1) is 0 Å². The maximum Gasteiger partial charge on any atom is -0.0162 e. The van der Waals surface area contributed by atoms with Gasteiger partial charge in [-0.3, -0.25) is 0 Å². The summed E-state index contributed by atoms with van der Waals surface area (Å²) in [4.78, 5) is 0. The summed E-state index contributed by atoms with van der Waals surface area (Å²) in [7, 11) is 0. The fraction of sp³-hybridized carbons (Fsp3) is 0.667. The van der Waals surface area contributed by atoms with Crippen molar-refractivity contribution in [2.75, 3.05) is 0 Å². The van der Waals surface area contributed by atoms with Gasteiger partial charge in [0.25, 0.3) is 0 Å². The molecule has 1 aromatic rings. The van der Waals surface area contributed by atoms with Crippen molar-refractivity contribution in [2.45, 2.75) is 77.6 Å². The molecule has 18 heavy (non-hydrogen) atoms. The standard InChI is InChI=1S/C18H28/c1-15-12-16(2)14-18(13-15)17-10-8-6-4-3-5-7-9-11-17/h12-14,17H,3-11H2,1-2H3. The summed E-state index contributed by atoms with van der Waals surface area (Å²) in [6.07, 6.45) is 12.9. The van der Waals surface area contributed by atoms with Crippen LogP contribution in [0.5, 0.6) is 0 Å². The molecule has 0 aliphatic heterocycles. The molecule has 100 valence electrons. The van der Waals surface area contributed by atoms with Gasteiger partial charge in [0.15, 0.2) is 0 Å². The van der Waals surface area contributed by atoms with Crippen LogP contribution in [0.15, 0.2) is 18.2 Å². The quantitative estimate of drug-likeness (QED) is 0.576. The van der Waals surface area contributed by atoms with Crippen molar-refractivity contribution in [3.63, 3.8) is 0 Å². The Kier molecular flexibility index (Phi) is 5.28. The van der Waals surface area contributed by atoms with Gasteiger partial charge in [0.1, 0.15) is 0 Å². The van der Waals surface area contributed by atoms with Crippen LogP contribution in [0.2, 0.25) is 0 Å². The normalized spacial score (nSPS) is 19.7. The second kappa shape index (κ2) is 6.97. The summed E-state index contributed by atoms with van der Waals surface area (Å²) < 4.78 is 0. The van der Waals surface area contributed by atoms with Crippen molar-refractivity contribution in [1.82, 2.24) is 0 Å². The minimum Gasteiger partial charge on any atom is -0.0564 e. The summed E-state index contributed by atoms with van der Waals surface area (Å²) in [5.74, 6) is 0.821. The summed E-state index contributed by atoms with van der Waals surface area (Å²) in [6.45, 7) is 4.47. The lowest BCUT2D eigenvalue weighted by atomic mass is 9.86. The summed E-state index contributed by atoms with van der Waals surface area (Å²) in [6, 6.07) is 7.14. The molecule has 1 aliphatic carbocycles. The van der Waals surface area contributed by atoms with Crippen LogP contribution >= 0.6 is 0 Å². The van der Waals surface area contributed by atoms with Gasteiger partial charge >= 0.3 is 0 Å². The Balaban J connectivity index is 2.06. The molecule has 0 heteroatoms. The molecule has 0 heterocycles. The molecule has 0 N–H and O–H groups in total. The van der Waals surface area contributed by atoms with Crippen LogP contribution in [0.4, 0.5) is 0 Å². The molecule has 1 aliphatic rings. The first-order valence-corrected chi connectivity index (χ1v) is 7.84. The average Bonchev–Trinajstić information content (AvgIpc) is 2.34. The van der Waals surface area contributed by atoms with Crippen molar-refractivity contribution >= 4 is 0 Å². The maximum absolute atomic E-state index is 2.42. The van der Waals surface area contributed by atoms with E-state index in [2.05, 4.69) is 32.0 Å². The Morgan fingerprint density at radius 1 is 0.667 bits per heavy atom. The lowest BCUT2D eigenvalue weighted by Gasteiger charge is -2.20. The minimum absolute atomic E-state index is 0.821. The lowest BCUT2D eigenvalue weighted by Crippen LogP contribution is -2.02. The summed E-state index contributed by atoms with van der Waals surface area (Å²) in [5.41, 5.74) is 4.47. The second-order valence-electron chi connectivity index (χ2n) is 6.17. The topological polar surface area (TPSA) is 0 Å². The number of aryl methyl sites for hydroxylation is 2. The van der Waals surface area contributed by atoms with Crippen LogP contribution in [-0.2, 0) is 0 Å². The predicted octanol–water partition coefficient (Wildman–Crippen LogP) is 5.91. The van der Waals surface area contributed by atoms with Crippen molar-refractivity contribution < 1.29 is 0 Å². The van der Waals surface area contributed by atoms with Crippen molar-refractivity contribution in [3.05, 3.63) is 34.9 Å². The molecule has 0 unspecified atom stereocenters. The fourth-order valence-corrected chi connectivity index (χ4v) is 3.39. The van der Waals surface area contributed by atoms with E-state index in [1.54, 1.807) is 5.56 Å². The molecule has 1 aromatic carbocycles. The first-order valence-electron chi connectivity index (χ1n) is 7.84. The fourth-order valence-electron chi connectivity index (χ4n) is 3.39. The predicted molar refractivity (Wildman–Crippen MR) is 80.2 cm³/mol. The van der Waals surface area contributed by atoms with E-state index in [-0.39, 0.29) is 0 Å². The van der Waals surface area contributed by atoms with E-state index in [9.17, 15) is 0 Å². The molecule has 0 spiro atoms. The molecule has 1 fully saturated rings. The third kappa shape index (κ3) is 4.15. The number of rotatable bonds is 1. The molecule has 0 radical (unpaired) electrons. The van der Waals surface area contributed by atoms with E-state index < -0.39 is 0 Å². The van der Waals surface area contributed by atoms with E-state index in [0.29, 0.717) is 0 Å². The van der Waals surface area contributed by atoms with Gasteiger partial charge in [0.05, 0.1) is 0 Å².